The van der Waals surface area contributed by atoms with Gasteiger partial charge >= 0.3 is 0 Å². The average Bonchev–Trinajstić information content (AvgIpc) is 3.07. The van der Waals surface area contributed by atoms with Crippen molar-refractivity contribution >= 4 is 40.5 Å². The summed E-state index contributed by atoms with van der Waals surface area (Å²) in [5.41, 5.74) is 0.971. The van der Waals surface area contributed by atoms with Crippen LogP contribution in [-0.2, 0) is 20.1 Å². The minimum Gasteiger partial charge on any atom is -0.357 e. The molecule has 0 saturated carbocycles. The lowest BCUT2D eigenvalue weighted by molar-refractivity contribution is 0.790. The van der Waals surface area contributed by atoms with Crippen LogP contribution in [0.2, 0.25) is 10.2 Å². The fourth-order valence-electron chi connectivity index (χ4n) is 1.83. The van der Waals surface area contributed by atoms with Gasteiger partial charge < -0.3 is 15.2 Å². The highest BCUT2D eigenvalue weighted by Crippen LogP contribution is 2.25. The molecule has 2 heterocycles. The zero-order chi connectivity index (χ0) is 15.2. The summed E-state index contributed by atoms with van der Waals surface area (Å²) in [7, 11) is 1.88. The van der Waals surface area contributed by atoms with Crippen molar-refractivity contribution in [3.63, 3.8) is 0 Å². The number of hydrogen-bond acceptors (Lipinski definition) is 2. The monoisotopic (exact) mass is 344 g/mol. The normalized spacial score (nSPS) is 11.7. The molecule has 0 atom stereocenters. The van der Waals surface area contributed by atoms with Gasteiger partial charge in [-0.3, -0.25) is 0 Å². The molecule has 0 saturated heterocycles. The summed E-state index contributed by atoms with van der Waals surface area (Å²) >= 11 is 13.8. The Morgan fingerprint density at radius 1 is 1.38 bits per heavy atom. The summed E-state index contributed by atoms with van der Waals surface area (Å²) in [5.74, 6) is 0.777. The fourth-order valence-corrected chi connectivity index (χ4v) is 2.89. The van der Waals surface area contributed by atoms with Crippen LogP contribution in [0.25, 0.3) is 0 Å². The van der Waals surface area contributed by atoms with E-state index in [1.807, 2.05) is 30.7 Å². The van der Waals surface area contributed by atoms with Crippen LogP contribution in [0.15, 0.2) is 28.6 Å². The average molecular weight is 345 g/mol. The molecule has 0 radical (unpaired) electrons. The lowest BCUT2D eigenvalue weighted by atomic mass is 10.4. The van der Waals surface area contributed by atoms with Crippen molar-refractivity contribution in [2.75, 3.05) is 6.54 Å². The highest BCUT2D eigenvalue weighted by Gasteiger charge is 2.08. The third-order valence-electron chi connectivity index (χ3n) is 2.97. The molecule has 2 aromatic rings. The van der Waals surface area contributed by atoms with E-state index >= 15 is 0 Å². The predicted octanol–water partition coefficient (Wildman–Crippen LogP) is 3.65. The summed E-state index contributed by atoms with van der Waals surface area (Å²) in [4.78, 5) is 5.83. The maximum Gasteiger partial charge on any atom is 0.191 e. The van der Waals surface area contributed by atoms with E-state index in [1.165, 1.54) is 4.88 Å². The Morgan fingerprint density at radius 3 is 2.76 bits per heavy atom. The van der Waals surface area contributed by atoms with E-state index in [9.17, 15) is 0 Å². The zero-order valence-corrected chi connectivity index (χ0v) is 14.3. The lowest BCUT2D eigenvalue weighted by Gasteiger charge is -2.10. The lowest BCUT2D eigenvalue weighted by Crippen LogP contribution is -2.36. The number of halogens is 2. The maximum atomic E-state index is 6.06. The number of nitrogens with one attached hydrogen (secondary N) is 2. The van der Waals surface area contributed by atoms with Crippen molar-refractivity contribution in [2.45, 2.75) is 20.0 Å². The van der Waals surface area contributed by atoms with Crippen molar-refractivity contribution in [3.05, 3.63) is 44.3 Å². The minimum absolute atomic E-state index is 0.517. The topological polar surface area (TPSA) is 41.4 Å². The molecule has 0 aliphatic rings. The summed E-state index contributed by atoms with van der Waals surface area (Å²) in [6.45, 7) is 4.13. The van der Waals surface area contributed by atoms with Gasteiger partial charge in [0.1, 0.15) is 5.15 Å². The van der Waals surface area contributed by atoms with Gasteiger partial charge in [-0.15, -0.1) is 11.3 Å². The highest BCUT2D eigenvalue weighted by atomic mass is 35.5. The number of nitrogens with zero attached hydrogens (tertiary/aromatic N) is 2. The maximum absolute atomic E-state index is 6.06. The Labute approximate surface area is 138 Å². The highest BCUT2D eigenvalue weighted by molar-refractivity contribution is 7.09. The molecule has 0 fully saturated rings. The van der Waals surface area contributed by atoms with E-state index in [0.717, 1.165) is 24.7 Å². The van der Waals surface area contributed by atoms with Gasteiger partial charge in [0, 0.05) is 24.2 Å². The number of guanidine groups is 1. The van der Waals surface area contributed by atoms with Crippen molar-refractivity contribution in [3.8, 4) is 0 Å². The molecule has 0 aliphatic carbocycles. The Bertz CT molecular complexity index is 605. The van der Waals surface area contributed by atoms with Crippen LogP contribution < -0.4 is 10.6 Å². The predicted molar refractivity (Wildman–Crippen MR) is 91.4 cm³/mol. The molecule has 0 amide bonds. The van der Waals surface area contributed by atoms with E-state index in [4.69, 9.17) is 23.2 Å². The Morgan fingerprint density at radius 2 is 2.19 bits per heavy atom. The molecule has 0 aromatic carbocycles. The van der Waals surface area contributed by atoms with Crippen LogP contribution in [0.4, 0.5) is 0 Å². The number of aromatic nitrogens is 1. The first-order chi connectivity index (χ1) is 10.1. The standard InChI is InChI=1S/C14H18Cl2N4S/c1-3-17-14(19-9-11-5-4-6-21-11)18-8-10-7-12(15)13(16)20(10)2/h4-7H,3,8-9H2,1-2H3,(H2,17,18,19). The second kappa shape index (κ2) is 7.73. The number of rotatable bonds is 5. The summed E-state index contributed by atoms with van der Waals surface area (Å²) in [5, 5.41) is 9.69. The Balaban J connectivity index is 2.01. The molecule has 4 nitrogen and oxygen atoms in total. The van der Waals surface area contributed by atoms with Gasteiger partial charge in [-0.2, -0.15) is 0 Å². The Kier molecular flexibility index (Phi) is 5.96. The first kappa shape index (κ1) is 16.2. The van der Waals surface area contributed by atoms with Gasteiger partial charge in [0.05, 0.1) is 18.1 Å². The molecule has 21 heavy (non-hydrogen) atoms. The van der Waals surface area contributed by atoms with Gasteiger partial charge in [-0.1, -0.05) is 29.3 Å². The van der Waals surface area contributed by atoms with Crippen LogP contribution in [0.5, 0.6) is 0 Å². The SMILES string of the molecule is CCNC(=NCc1cc(Cl)c(Cl)n1C)NCc1cccs1. The molecule has 0 bridgehead atoms. The zero-order valence-electron chi connectivity index (χ0n) is 12.0. The second-order valence-electron chi connectivity index (χ2n) is 4.46. The quantitative estimate of drug-likeness (QED) is 0.642. The largest absolute Gasteiger partial charge is 0.357 e. The van der Waals surface area contributed by atoms with Gasteiger partial charge in [0.15, 0.2) is 5.96 Å². The van der Waals surface area contributed by atoms with E-state index < -0.39 is 0 Å². The number of aliphatic imine (C=N–C) groups is 1. The first-order valence-corrected chi connectivity index (χ1v) is 8.29. The molecule has 0 spiro atoms. The van der Waals surface area contributed by atoms with Crippen LogP contribution in [0.3, 0.4) is 0 Å². The fraction of sp³-hybridized carbons (Fsp3) is 0.357. The van der Waals surface area contributed by atoms with E-state index in [-0.39, 0.29) is 0 Å². The summed E-state index contributed by atoms with van der Waals surface area (Å²) in [6, 6.07) is 5.98. The molecule has 2 aromatic heterocycles. The molecule has 0 unspecified atom stereocenters. The van der Waals surface area contributed by atoms with Gasteiger partial charge in [0.2, 0.25) is 0 Å². The molecule has 7 heteroatoms. The molecular weight excluding hydrogens is 327 g/mol. The number of thiophene rings is 1. The van der Waals surface area contributed by atoms with E-state index in [2.05, 4.69) is 27.1 Å². The van der Waals surface area contributed by atoms with Gasteiger partial charge in [-0.25, -0.2) is 4.99 Å². The number of hydrogen-bond donors (Lipinski definition) is 2. The first-order valence-electron chi connectivity index (χ1n) is 6.66. The molecule has 114 valence electrons. The van der Waals surface area contributed by atoms with Crippen LogP contribution >= 0.6 is 34.5 Å². The summed E-state index contributed by atoms with van der Waals surface area (Å²) in [6.07, 6.45) is 0. The van der Waals surface area contributed by atoms with Crippen molar-refractivity contribution in [1.82, 2.24) is 15.2 Å². The van der Waals surface area contributed by atoms with Crippen LogP contribution in [0.1, 0.15) is 17.5 Å². The van der Waals surface area contributed by atoms with Crippen molar-refractivity contribution in [1.29, 1.82) is 0 Å². The minimum atomic E-state index is 0.517. The third-order valence-corrected chi connectivity index (χ3v) is 4.69. The Hall–Kier alpha value is -1.17. The molecule has 2 rings (SSSR count). The molecule has 2 N–H and O–H groups in total. The van der Waals surface area contributed by atoms with E-state index in [1.54, 1.807) is 11.3 Å². The second-order valence-corrected chi connectivity index (χ2v) is 6.26. The summed E-state index contributed by atoms with van der Waals surface area (Å²) < 4.78 is 1.84. The molecular formula is C14H18Cl2N4S. The van der Waals surface area contributed by atoms with Crippen LogP contribution in [0, 0.1) is 0 Å². The van der Waals surface area contributed by atoms with Gasteiger partial charge in [0.25, 0.3) is 0 Å². The van der Waals surface area contributed by atoms with Crippen molar-refractivity contribution < 1.29 is 0 Å². The molecule has 0 aliphatic heterocycles. The van der Waals surface area contributed by atoms with Crippen LogP contribution in [-0.4, -0.2) is 17.1 Å². The van der Waals surface area contributed by atoms with Crippen molar-refractivity contribution in [2.24, 2.45) is 12.0 Å². The third kappa shape index (κ3) is 4.40. The van der Waals surface area contributed by atoms with E-state index in [0.29, 0.717) is 16.7 Å². The smallest absolute Gasteiger partial charge is 0.191 e. The van der Waals surface area contributed by atoms with Gasteiger partial charge in [-0.05, 0) is 24.4 Å².